The molecule has 0 radical (unpaired) electrons. The number of carbonyl (C=O) groups is 4. The second kappa shape index (κ2) is 17.8. The van der Waals surface area contributed by atoms with Crippen molar-refractivity contribution < 1.29 is 47.9 Å². The van der Waals surface area contributed by atoms with Crippen LogP contribution in [0.25, 0.3) is 0 Å². The van der Waals surface area contributed by atoms with Crippen LogP contribution in [0.4, 0.5) is 0 Å². The van der Waals surface area contributed by atoms with Crippen LogP contribution >= 0.6 is 33.1 Å². The molecule has 1 fully saturated rings. The molecule has 3 amide bonds. The Morgan fingerprint density at radius 1 is 1.16 bits per heavy atom. The first-order chi connectivity index (χ1) is 20.6. The highest BCUT2D eigenvalue weighted by molar-refractivity contribution is 7.81. The number of carbonyl (C=O) groups excluding carboxylic acids is 4. The van der Waals surface area contributed by atoms with Crippen molar-refractivity contribution in [3.05, 3.63) is 33.1 Å². The van der Waals surface area contributed by atoms with Gasteiger partial charge in [-0.15, -0.1) is 12.6 Å². The number of ketones is 1. The number of nitrogens with one attached hydrogen (secondary N) is 3. The van der Waals surface area contributed by atoms with Crippen molar-refractivity contribution in [2.45, 2.75) is 68.5 Å². The average Bonchev–Trinajstić information content (AvgIpc) is 3.33. The monoisotopic (exact) mass is 684 g/mol. The molecule has 0 spiro atoms. The Morgan fingerprint density at radius 3 is 2.52 bits per heavy atom. The lowest BCUT2D eigenvalue weighted by molar-refractivity contribution is -0.139. The van der Waals surface area contributed by atoms with Crippen molar-refractivity contribution in [3.63, 3.8) is 0 Å². The van der Waals surface area contributed by atoms with Crippen molar-refractivity contribution >= 4 is 56.6 Å². The van der Waals surface area contributed by atoms with E-state index in [2.05, 4.69) is 45.7 Å². The van der Waals surface area contributed by atoms with Gasteiger partial charge in [-0.1, -0.05) is 6.42 Å². The fraction of sp³-hybridized carbons (Fsp3) is 0.652. The highest BCUT2D eigenvalue weighted by Crippen LogP contribution is 2.38. The Kier molecular flexibility index (Phi) is 15.2. The summed E-state index contributed by atoms with van der Waals surface area (Å²) in [6.45, 7) is -0.551. The third kappa shape index (κ3) is 12.1. The lowest BCUT2D eigenvalue weighted by atomic mass is 10.2. The van der Waals surface area contributed by atoms with Crippen molar-refractivity contribution in [1.82, 2.24) is 25.1 Å². The molecule has 1 aliphatic heterocycles. The van der Waals surface area contributed by atoms with E-state index in [1.165, 1.54) is 6.20 Å². The summed E-state index contributed by atoms with van der Waals surface area (Å²) in [6.07, 6.45) is -0.505. The van der Waals surface area contributed by atoms with Gasteiger partial charge in [-0.2, -0.15) is 12.6 Å². The SMILES string of the molecule is N[C@@H](CS)C(=O)C(=O)NC(S)C(=O)NCCCCCC(=O)NCCn1c(=O)ccn(C2CC(O)C(COP(=O)(O)O)O2)c1=O. The van der Waals surface area contributed by atoms with Crippen molar-refractivity contribution in [1.29, 1.82) is 0 Å². The van der Waals surface area contributed by atoms with Gasteiger partial charge in [0, 0.05) is 50.5 Å². The minimum atomic E-state index is -4.79. The van der Waals surface area contributed by atoms with Crippen LogP contribution in [0, 0.1) is 0 Å². The Hall–Kier alpha value is -2.55. The van der Waals surface area contributed by atoms with Crippen LogP contribution in [-0.2, 0) is 39.5 Å². The van der Waals surface area contributed by atoms with Gasteiger partial charge in [-0.25, -0.2) is 9.36 Å². The highest BCUT2D eigenvalue weighted by atomic mass is 32.1. The number of aromatic nitrogens is 2. The second-order valence-electron chi connectivity index (χ2n) is 9.69. The number of rotatable bonds is 18. The number of amides is 3. The maximum atomic E-state index is 12.9. The predicted molar refractivity (Wildman–Crippen MR) is 160 cm³/mol. The normalized spacial score (nSPS) is 19.6. The fourth-order valence-electron chi connectivity index (χ4n) is 3.97. The molecule has 18 nitrogen and oxygen atoms in total. The minimum absolute atomic E-state index is 0.0304. The summed E-state index contributed by atoms with van der Waals surface area (Å²) in [4.78, 5) is 90.5. The summed E-state index contributed by atoms with van der Waals surface area (Å²) in [5.41, 5.74) is 4.04. The molecule has 1 aromatic rings. The number of thiol groups is 2. The number of nitrogens with zero attached hydrogens (tertiary/aromatic N) is 2. The van der Waals surface area contributed by atoms with E-state index in [0.717, 1.165) is 15.2 Å². The maximum absolute atomic E-state index is 12.9. The van der Waals surface area contributed by atoms with Gasteiger partial charge in [0.25, 0.3) is 17.4 Å². The molecular formula is C23H37N6O12PS2. The third-order valence-corrected chi connectivity index (χ3v) is 7.57. The molecule has 1 aromatic heterocycles. The fourth-order valence-corrected chi connectivity index (χ4v) is 4.68. The Morgan fingerprint density at radius 2 is 1.86 bits per heavy atom. The largest absolute Gasteiger partial charge is 0.469 e. The van der Waals surface area contributed by atoms with Gasteiger partial charge in [0.15, 0.2) is 5.37 Å². The van der Waals surface area contributed by atoms with Crippen LogP contribution in [0.1, 0.15) is 38.3 Å². The summed E-state index contributed by atoms with van der Waals surface area (Å²) in [6, 6.07) is 0.0199. The molecule has 0 saturated carbocycles. The molecule has 1 saturated heterocycles. The molecule has 21 heteroatoms. The molecule has 1 aliphatic rings. The molecule has 248 valence electrons. The van der Waals surface area contributed by atoms with E-state index >= 15 is 0 Å². The summed E-state index contributed by atoms with van der Waals surface area (Å²) >= 11 is 7.79. The minimum Gasteiger partial charge on any atom is -0.390 e. The van der Waals surface area contributed by atoms with Crippen molar-refractivity contribution in [3.8, 4) is 0 Å². The molecule has 2 heterocycles. The summed E-state index contributed by atoms with van der Waals surface area (Å²) < 4.78 is 22.7. The Labute approximate surface area is 262 Å². The first-order valence-corrected chi connectivity index (χ1v) is 16.1. The van der Waals surface area contributed by atoms with E-state index in [1.807, 2.05) is 0 Å². The lowest BCUT2D eigenvalue weighted by Crippen LogP contribution is -2.50. The van der Waals surface area contributed by atoms with Crippen LogP contribution < -0.4 is 32.9 Å². The van der Waals surface area contributed by atoms with Crippen LogP contribution in [0.2, 0.25) is 0 Å². The van der Waals surface area contributed by atoms with Gasteiger partial charge in [0.05, 0.1) is 18.8 Å². The van der Waals surface area contributed by atoms with E-state index in [-0.39, 0.29) is 44.1 Å². The third-order valence-electron chi connectivity index (χ3n) is 6.33. The second-order valence-corrected chi connectivity index (χ2v) is 11.8. The number of phosphoric acid groups is 1. The molecule has 8 N–H and O–H groups in total. The van der Waals surface area contributed by atoms with Crippen LogP contribution in [0.15, 0.2) is 21.9 Å². The number of nitrogens with two attached hydrogens (primary N) is 1. The molecule has 0 aliphatic carbocycles. The molecule has 44 heavy (non-hydrogen) atoms. The first-order valence-electron chi connectivity index (χ1n) is 13.4. The standard InChI is InChI=1S/C23H37N6O12PS2/c24-13(12-43)19(33)20(34)27-22(44)21(35)26-6-3-1-2-4-16(31)25-7-9-28-17(32)5-8-29(23(28)36)18-10-14(30)15(41-18)11-40-42(37,38)39/h5,8,13-15,18,22,30,43-44H,1-4,6-7,9-12,24H2,(H,25,31)(H,26,35)(H,27,34)(H2,37,38,39)/t13-,14?,15?,18?,22?/m0/s1. The molecule has 5 atom stereocenters. The predicted octanol–water partition coefficient (Wildman–Crippen LogP) is -3.24. The van der Waals surface area contributed by atoms with E-state index in [4.69, 9.17) is 20.3 Å². The molecular weight excluding hydrogens is 647 g/mol. The molecule has 2 rings (SSSR count). The number of unbranched alkanes of at least 4 members (excludes halogenated alkanes) is 2. The van der Waals surface area contributed by atoms with Gasteiger partial charge in [-0.3, -0.25) is 37.6 Å². The quantitative estimate of drug-likeness (QED) is 0.0242. The summed E-state index contributed by atoms with van der Waals surface area (Å²) in [5, 5.41) is 16.2. The number of phosphoric ester groups is 1. The van der Waals surface area contributed by atoms with Crippen molar-refractivity contribution in [2.75, 3.05) is 25.4 Å². The number of hydrogen-bond donors (Lipinski definition) is 9. The van der Waals surface area contributed by atoms with Crippen LogP contribution in [0.3, 0.4) is 0 Å². The van der Waals surface area contributed by atoms with E-state index in [1.54, 1.807) is 0 Å². The Balaban J connectivity index is 1.71. The summed E-state index contributed by atoms with van der Waals surface area (Å²) in [5.74, 6) is -2.93. The zero-order chi connectivity index (χ0) is 33.0. The number of ether oxygens (including phenoxy) is 1. The van der Waals surface area contributed by atoms with Gasteiger partial charge in [0.1, 0.15) is 12.3 Å². The van der Waals surface area contributed by atoms with Gasteiger partial charge in [-0.05, 0) is 12.8 Å². The lowest BCUT2D eigenvalue weighted by Gasteiger charge is -2.17. The number of aliphatic hydroxyl groups is 1. The van der Waals surface area contributed by atoms with Gasteiger partial charge >= 0.3 is 13.5 Å². The molecule has 0 bridgehead atoms. The maximum Gasteiger partial charge on any atom is 0.469 e. The summed E-state index contributed by atoms with van der Waals surface area (Å²) in [7, 11) is -4.79. The number of hydrogen-bond acceptors (Lipinski definition) is 13. The van der Waals surface area contributed by atoms with Gasteiger partial charge in [0.2, 0.25) is 11.7 Å². The smallest absolute Gasteiger partial charge is 0.390 e. The van der Waals surface area contributed by atoms with E-state index in [9.17, 15) is 38.4 Å². The van der Waals surface area contributed by atoms with Gasteiger partial charge < -0.3 is 41.3 Å². The highest BCUT2D eigenvalue weighted by Gasteiger charge is 2.37. The van der Waals surface area contributed by atoms with E-state index < -0.39 is 73.1 Å². The first kappa shape index (κ1) is 37.6. The topological polar surface area (TPSA) is 271 Å². The number of Topliss-reactive ketones (excluding diaryl/α,β-unsaturated/α-hetero) is 1. The van der Waals surface area contributed by atoms with Crippen LogP contribution in [0.5, 0.6) is 0 Å². The zero-order valence-corrected chi connectivity index (χ0v) is 26.1. The molecule has 0 aromatic carbocycles. The van der Waals surface area contributed by atoms with E-state index in [0.29, 0.717) is 19.3 Å². The Bertz CT molecular complexity index is 1340. The number of aliphatic hydroxyl groups excluding tert-OH is 1. The molecule has 4 unspecified atom stereocenters. The zero-order valence-electron chi connectivity index (χ0n) is 23.4. The van der Waals surface area contributed by atoms with Crippen molar-refractivity contribution in [2.24, 2.45) is 5.73 Å². The van der Waals surface area contributed by atoms with Crippen LogP contribution in [-0.4, -0.2) is 96.6 Å². The average molecular weight is 685 g/mol.